The minimum absolute atomic E-state index is 0.0348. The van der Waals surface area contributed by atoms with Crippen molar-refractivity contribution in [3.63, 3.8) is 0 Å². The first-order valence-corrected chi connectivity index (χ1v) is 11.9. The molecule has 0 radical (unpaired) electrons. The van der Waals surface area contributed by atoms with E-state index in [1.54, 1.807) is 7.11 Å². The third-order valence-electron chi connectivity index (χ3n) is 6.04. The molecule has 3 rings (SSSR count). The predicted molar refractivity (Wildman–Crippen MR) is 125 cm³/mol. The Labute approximate surface area is 178 Å². The highest BCUT2D eigenvalue weighted by Crippen LogP contribution is 2.48. The molecule has 0 N–H and O–H groups in total. The van der Waals surface area contributed by atoms with Gasteiger partial charge in [0, 0.05) is 24.4 Å². The van der Waals surface area contributed by atoms with Gasteiger partial charge in [0.25, 0.3) is 0 Å². The van der Waals surface area contributed by atoms with Gasteiger partial charge in [-0.25, -0.2) is 0 Å². The third kappa shape index (κ3) is 5.81. The molecule has 2 aromatic rings. The topological polar surface area (TPSA) is 21.7 Å². The maximum absolute atomic E-state index is 5.95. The van der Waals surface area contributed by atoms with Crippen LogP contribution in [0.25, 0.3) is 0 Å². The highest BCUT2D eigenvalue weighted by Gasteiger charge is 2.30. The molecular weight excluding hydrogens is 377 g/mol. The first-order valence-electron chi connectivity index (χ1n) is 10.9. The summed E-state index contributed by atoms with van der Waals surface area (Å²) in [4.78, 5) is 2.62. The van der Waals surface area contributed by atoms with Crippen LogP contribution in [-0.2, 0) is 16.4 Å². The summed E-state index contributed by atoms with van der Waals surface area (Å²) in [7, 11) is 2.37. The van der Waals surface area contributed by atoms with Gasteiger partial charge in [0.15, 0.2) is 6.79 Å². The monoisotopic (exact) mass is 413 g/mol. The molecule has 1 saturated heterocycles. The quantitative estimate of drug-likeness (QED) is 0.395. The molecule has 1 aliphatic rings. The molecule has 1 aliphatic heterocycles. The zero-order valence-corrected chi connectivity index (χ0v) is 19.5. The van der Waals surface area contributed by atoms with Crippen molar-refractivity contribution in [3.8, 4) is 5.75 Å². The molecule has 0 amide bonds. The summed E-state index contributed by atoms with van der Waals surface area (Å²) in [5.41, 5.74) is 4.05. The summed E-state index contributed by atoms with van der Waals surface area (Å²) < 4.78 is 11.1. The van der Waals surface area contributed by atoms with Gasteiger partial charge in [0.1, 0.15) is 5.75 Å². The number of methoxy groups -OCH3 is 1. The highest BCUT2D eigenvalue weighted by atomic mass is 31.1. The lowest BCUT2D eigenvalue weighted by atomic mass is 9.95. The molecule has 0 aromatic heterocycles. The largest absolute Gasteiger partial charge is 0.467 e. The number of piperidine rings is 1. The highest BCUT2D eigenvalue weighted by molar-refractivity contribution is 7.48. The molecule has 0 saturated carbocycles. The second kappa shape index (κ2) is 10.6. The van der Waals surface area contributed by atoms with Crippen LogP contribution in [-0.4, -0.2) is 31.9 Å². The van der Waals surface area contributed by atoms with Gasteiger partial charge in [-0.3, -0.25) is 4.90 Å². The Morgan fingerprint density at radius 1 is 1.07 bits per heavy atom. The predicted octanol–water partition coefficient (Wildman–Crippen LogP) is 5.59. The summed E-state index contributed by atoms with van der Waals surface area (Å²) in [6, 6.07) is 15.6. The van der Waals surface area contributed by atoms with Crippen molar-refractivity contribution in [2.75, 3.05) is 27.0 Å². The van der Waals surface area contributed by atoms with E-state index in [1.165, 1.54) is 54.3 Å². The molecule has 0 bridgehead atoms. The van der Waals surface area contributed by atoms with Crippen LogP contribution in [0.1, 0.15) is 56.2 Å². The molecule has 1 heterocycles. The molecule has 2 atom stereocenters. The van der Waals surface area contributed by atoms with Crippen molar-refractivity contribution in [2.24, 2.45) is 0 Å². The van der Waals surface area contributed by atoms with Crippen LogP contribution in [0.2, 0.25) is 0 Å². The van der Waals surface area contributed by atoms with Crippen LogP contribution in [0.5, 0.6) is 5.75 Å². The van der Waals surface area contributed by atoms with Gasteiger partial charge in [0.2, 0.25) is 0 Å². The van der Waals surface area contributed by atoms with E-state index in [9.17, 15) is 0 Å². The fraction of sp³-hybridized carbons (Fsp3) is 0.520. The fourth-order valence-corrected chi connectivity index (χ4v) is 5.71. The number of aryl methyl sites for hydroxylation is 1. The smallest absolute Gasteiger partial charge is 0.188 e. The Hall–Kier alpha value is -1.41. The first-order chi connectivity index (χ1) is 14.1. The maximum Gasteiger partial charge on any atom is 0.188 e. The number of likely N-dealkylation sites (tertiary alicyclic amines) is 1. The molecule has 4 heteroatoms. The van der Waals surface area contributed by atoms with Gasteiger partial charge in [-0.15, -0.1) is 0 Å². The summed E-state index contributed by atoms with van der Waals surface area (Å²) in [5.74, 6) is 0.947. The Bertz CT molecular complexity index is 788. The maximum atomic E-state index is 5.95. The Kier molecular flexibility index (Phi) is 8.12. The van der Waals surface area contributed by atoms with Crippen molar-refractivity contribution < 1.29 is 9.47 Å². The second-order valence-electron chi connectivity index (χ2n) is 8.36. The van der Waals surface area contributed by atoms with Crippen LogP contribution >= 0.6 is 8.58 Å². The minimum atomic E-state index is 0.0348. The van der Waals surface area contributed by atoms with E-state index in [-0.39, 0.29) is 11.9 Å². The standard InChI is InChI=1S/C25H36NO2P/c1-5-25(3,22-17-20(2)13-14-23(22)28-19-27-4)29-24-12-8-7-11-21(24)18-26-15-9-6-10-16-26/h7-8,11-14,17,29H,5-6,9-10,15-16,18-19H2,1-4H3. The zero-order valence-electron chi connectivity index (χ0n) is 18.5. The van der Waals surface area contributed by atoms with Gasteiger partial charge in [-0.05, 0) is 56.2 Å². The van der Waals surface area contributed by atoms with Crippen molar-refractivity contribution in [1.29, 1.82) is 0 Å². The van der Waals surface area contributed by atoms with Crippen molar-refractivity contribution >= 4 is 13.9 Å². The summed E-state index contributed by atoms with van der Waals surface area (Å²) >= 11 is 0. The average Bonchev–Trinajstić information content (AvgIpc) is 2.75. The SMILES string of the molecule is CCC(C)(Pc1ccccc1CN1CCCCC1)c1cc(C)ccc1OCOC. The normalized spacial score (nSPS) is 17.5. The lowest BCUT2D eigenvalue weighted by Crippen LogP contribution is -2.31. The summed E-state index contributed by atoms with van der Waals surface area (Å²) in [5, 5.41) is 1.52. The fourth-order valence-electron chi connectivity index (χ4n) is 4.11. The molecule has 0 aliphatic carbocycles. The van der Waals surface area contributed by atoms with Gasteiger partial charge in [0.05, 0.1) is 0 Å². The minimum Gasteiger partial charge on any atom is -0.467 e. The molecular formula is C25H36NO2P. The van der Waals surface area contributed by atoms with Crippen LogP contribution in [0.15, 0.2) is 42.5 Å². The number of hydrogen-bond donors (Lipinski definition) is 0. The zero-order chi connectivity index (χ0) is 20.7. The van der Waals surface area contributed by atoms with Gasteiger partial charge < -0.3 is 9.47 Å². The lowest BCUT2D eigenvalue weighted by Gasteiger charge is -2.33. The summed E-state index contributed by atoms with van der Waals surface area (Å²) in [6.45, 7) is 10.7. The van der Waals surface area contributed by atoms with E-state index in [0.29, 0.717) is 8.58 Å². The Balaban J connectivity index is 1.88. The lowest BCUT2D eigenvalue weighted by molar-refractivity contribution is 0.0500. The Morgan fingerprint density at radius 2 is 1.83 bits per heavy atom. The van der Waals surface area contributed by atoms with Gasteiger partial charge in [-0.2, -0.15) is 0 Å². The van der Waals surface area contributed by atoms with Crippen LogP contribution in [0, 0.1) is 6.92 Å². The first kappa shape index (κ1) is 22.3. The van der Waals surface area contributed by atoms with E-state index in [0.717, 1.165) is 18.7 Å². The number of ether oxygens (including phenoxy) is 2. The van der Waals surface area contributed by atoms with Crippen molar-refractivity contribution in [2.45, 2.75) is 58.2 Å². The summed E-state index contributed by atoms with van der Waals surface area (Å²) in [6.07, 6.45) is 5.11. The van der Waals surface area contributed by atoms with E-state index in [4.69, 9.17) is 9.47 Å². The number of benzene rings is 2. The molecule has 2 aromatic carbocycles. The average molecular weight is 414 g/mol. The molecule has 1 fully saturated rings. The number of nitrogens with zero attached hydrogens (tertiary/aromatic N) is 1. The molecule has 158 valence electrons. The second-order valence-corrected chi connectivity index (χ2v) is 10.2. The number of rotatable bonds is 9. The molecule has 29 heavy (non-hydrogen) atoms. The van der Waals surface area contributed by atoms with E-state index < -0.39 is 0 Å². The third-order valence-corrected chi connectivity index (χ3v) is 7.97. The van der Waals surface area contributed by atoms with Gasteiger partial charge >= 0.3 is 0 Å². The Morgan fingerprint density at radius 3 is 2.55 bits per heavy atom. The van der Waals surface area contributed by atoms with Crippen LogP contribution in [0.3, 0.4) is 0 Å². The van der Waals surface area contributed by atoms with E-state index >= 15 is 0 Å². The van der Waals surface area contributed by atoms with Crippen molar-refractivity contribution in [1.82, 2.24) is 4.90 Å². The van der Waals surface area contributed by atoms with Crippen LogP contribution < -0.4 is 10.0 Å². The van der Waals surface area contributed by atoms with E-state index in [1.807, 2.05) is 0 Å². The van der Waals surface area contributed by atoms with Crippen molar-refractivity contribution in [3.05, 3.63) is 59.2 Å². The number of hydrogen-bond acceptors (Lipinski definition) is 3. The van der Waals surface area contributed by atoms with E-state index in [2.05, 4.69) is 68.1 Å². The molecule has 3 nitrogen and oxygen atoms in total. The molecule has 2 unspecified atom stereocenters. The van der Waals surface area contributed by atoms with Gasteiger partial charge in [-0.1, -0.05) is 70.8 Å². The van der Waals surface area contributed by atoms with Crippen LogP contribution in [0.4, 0.5) is 0 Å². The molecule has 0 spiro atoms.